The van der Waals surface area contributed by atoms with Crippen LogP contribution in [0.3, 0.4) is 0 Å². The Bertz CT molecular complexity index is 172. The van der Waals surface area contributed by atoms with Crippen molar-refractivity contribution >= 4 is 0 Å². The molecular weight excluding hydrogens is 214 g/mol. The molecule has 0 spiro atoms. The lowest BCUT2D eigenvalue weighted by atomic mass is 9.96. The average Bonchev–Trinajstić information content (AvgIpc) is 2.32. The fourth-order valence-corrected chi connectivity index (χ4v) is 1.79. The maximum Gasteiger partial charge on any atom is 0.0623 e. The summed E-state index contributed by atoms with van der Waals surface area (Å²) in [6.07, 6.45) is 5.77. The van der Waals surface area contributed by atoms with E-state index in [-0.39, 0.29) is 5.60 Å². The predicted molar refractivity (Wildman–Crippen MR) is 73.5 cm³/mol. The topological polar surface area (TPSA) is 30.5 Å². The van der Waals surface area contributed by atoms with Crippen LogP contribution >= 0.6 is 0 Å². The van der Waals surface area contributed by atoms with Gasteiger partial charge in [-0.2, -0.15) is 0 Å². The van der Waals surface area contributed by atoms with E-state index in [9.17, 15) is 0 Å². The van der Waals surface area contributed by atoms with Crippen molar-refractivity contribution in [2.75, 3.05) is 27.4 Å². The summed E-state index contributed by atoms with van der Waals surface area (Å²) in [5.74, 6) is 0. The van der Waals surface area contributed by atoms with Crippen molar-refractivity contribution in [1.82, 2.24) is 5.32 Å². The standard InChI is InChI=1S/C14H31NO2/c1-6-11-15-13(8-7-12-16-4)9-10-14(2,3)17-5/h13,15H,6-12H2,1-5H3. The van der Waals surface area contributed by atoms with Crippen LogP contribution in [-0.4, -0.2) is 39.0 Å². The van der Waals surface area contributed by atoms with Crippen molar-refractivity contribution in [2.45, 2.75) is 64.5 Å². The number of ether oxygens (including phenoxy) is 2. The van der Waals surface area contributed by atoms with Gasteiger partial charge in [-0.25, -0.2) is 0 Å². The third-order valence-electron chi connectivity index (χ3n) is 3.23. The molecule has 0 aromatic heterocycles. The lowest BCUT2D eigenvalue weighted by molar-refractivity contribution is 0.0113. The molecule has 0 aliphatic carbocycles. The molecule has 1 N–H and O–H groups in total. The number of methoxy groups -OCH3 is 2. The molecule has 17 heavy (non-hydrogen) atoms. The van der Waals surface area contributed by atoms with Gasteiger partial charge in [0.2, 0.25) is 0 Å². The molecule has 0 bridgehead atoms. The Balaban J connectivity index is 3.91. The molecular formula is C14H31NO2. The third kappa shape index (κ3) is 9.57. The van der Waals surface area contributed by atoms with E-state index < -0.39 is 0 Å². The molecule has 1 unspecified atom stereocenters. The molecule has 0 aliphatic heterocycles. The van der Waals surface area contributed by atoms with Gasteiger partial charge in [0.25, 0.3) is 0 Å². The molecule has 3 nitrogen and oxygen atoms in total. The fraction of sp³-hybridized carbons (Fsp3) is 1.00. The second-order valence-corrected chi connectivity index (χ2v) is 5.29. The monoisotopic (exact) mass is 245 g/mol. The van der Waals surface area contributed by atoms with Crippen molar-refractivity contribution < 1.29 is 9.47 Å². The highest BCUT2D eigenvalue weighted by molar-refractivity contribution is 4.74. The zero-order valence-corrected chi connectivity index (χ0v) is 12.3. The molecule has 0 rings (SSSR count). The van der Waals surface area contributed by atoms with E-state index in [2.05, 4.69) is 26.1 Å². The Kier molecular flexibility index (Phi) is 9.79. The van der Waals surface area contributed by atoms with Gasteiger partial charge >= 0.3 is 0 Å². The van der Waals surface area contributed by atoms with Crippen LogP contribution in [0, 0.1) is 0 Å². The van der Waals surface area contributed by atoms with Gasteiger partial charge in [-0.3, -0.25) is 0 Å². The largest absolute Gasteiger partial charge is 0.385 e. The van der Waals surface area contributed by atoms with Crippen LogP contribution < -0.4 is 5.32 Å². The van der Waals surface area contributed by atoms with E-state index in [0.29, 0.717) is 6.04 Å². The minimum atomic E-state index is -0.00655. The van der Waals surface area contributed by atoms with Gasteiger partial charge in [0, 0.05) is 26.9 Å². The first-order valence-electron chi connectivity index (χ1n) is 6.83. The minimum Gasteiger partial charge on any atom is -0.385 e. The molecule has 0 saturated heterocycles. The molecule has 0 aromatic carbocycles. The van der Waals surface area contributed by atoms with Gasteiger partial charge in [0.05, 0.1) is 5.60 Å². The van der Waals surface area contributed by atoms with Crippen LogP contribution in [0.4, 0.5) is 0 Å². The highest BCUT2D eigenvalue weighted by atomic mass is 16.5. The SMILES string of the molecule is CCCNC(CCCOC)CCC(C)(C)OC. The Morgan fingerprint density at radius 3 is 2.41 bits per heavy atom. The summed E-state index contributed by atoms with van der Waals surface area (Å²) in [5.41, 5.74) is -0.00655. The van der Waals surface area contributed by atoms with Crippen LogP contribution in [0.5, 0.6) is 0 Å². The highest BCUT2D eigenvalue weighted by Gasteiger charge is 2.18. The first kappa shape index (κ1) is 16.9. The summed E-state index contributed by atoms with van der Waals surface area (Å²) >= 11 is 0. The maximum absolute atomic E-state index is 5.47. The summed E-state index contributed by atoms with van der Waals surface area (Å²) in [5, 5.41) is 3.61. The molecule has 104 valence electrons. The third-order valence-corrected chi connectivity index (χ3v) is 3.23. The fourth-order valence-electron chi connectivity index (χ4n) is 1.79. The Morgan fingerprint density at radius 1 is 1.18 bits per heavy atom. The van der Waals surface area contributed by atoms with Crippen LogP contribution in [0.15, 0.2) is 0 Å². The normalized spacial score (nSPS) is 13.9. The zero-order chi connectivity index (χ0) is 13.1. The second-order valence-electron chi connectivity index (χ2n) is 5.29. The molecule has 1 atom stereocenters. The van der Waals surface area contributed by atoms with Gasteiger partial charge in [0.15, 0.2) is 0 Å². The van der Waals surface area contributed by atoms with E-state index >= 15 is 0 Å². The van der Waals surface area contributed by atoms with Crippen molar-refractivity contribution in [1.29, 1.82) is 0 Å². The van der Waals surface area contributed by atoms with Gasteiger partial charge in [0.1, 0.15) is 0 Å². The van der Waals surface area contributed by atoms with Crippen LogP contribution in [0.2, 0.25) is 0 Å². The highest BCUT2D eigenvalue weighted by Crippen LogP contribution is 2.18. The first-order chi connectivity index (χ1) is 8.05. The molecule has 3 heteroatoms. The van der Waals surface area contributed by atoms with E-state index in [4.69, 9.17) is 9.47 Å². The van der Waals surface area contributed by atoms with Crippen molar-refractivity contribution in [3.05, 3.63) is 0 Å². The Hall–Kier alpha value is -0.120. The number of hydrogen-bond donors (Lipinski definition) is 1. The summed E-state index contributed by atoms with van der Waals surface area (Å²) in [6.45, 7) is 8.47. The van der Waals surface area contributed by atoms with Crippen LogP contribution in [0.25, 0.3) is 0 Å². The number of rotatable bonds is 11. The number of hydrogen-bond acceptors (Lipinski definition) is 3. The van der Waals surface area contributed by atoms with Crippen molar-refractivity contribution in [3.8, 4) is 0 Å². The Morgan fingerprint density at radius 2 is 1.88 bits per heavy atom. The van der Waals surface area contributed by atoms with E-state index in [1.54, 1.807) is 14.2 Å². The van der Waals surface area contributed by atoms with Crippen molar-refractivity contribution in [2.24, 2.45) is 0 Å². The predicted octanol–water partition coefficient (Wildman–Crippen LogP) is 2.99. The molecule has 0 heterocycles. The molecule has 0 aliphatic rings. The minimum absolute atomic E-state index is 0.00655. The number of nitrogens with one attached hydrogen (secondary N) is 1. The van der Waals surface area contributed by atoms with Gasteiger partial charge in [-0.1, -0.05) is 6.92 Å². The molecule has 0 fully saturated rings. The zero-order valence-electron chi connectivity index (χ0n) is 12.3. The van der Waals surface area contributed by atoms with E-state index in [1.807, 2.05) is 0 Å². The van der Waals surface area contributed by atoms with Crippen LogP contribution in [-0.2, 0) is 9.47 Å². The quantitative estimate of drug-likeness (QED) is 0.568. The lowest BCUT2D eigenvalue weighted by Crippen LogP contribution is -2.33. The van der Waals surface area contributed by atoms with Crippen molar-refractivity contribution in [3.63, 3.8) is 0 Å². The molecule has 0 saturated carbocycles. The lowest BCUT2D eigenvalue weighted by Gasteiger charge is -2.26. The van der Waals surface area contributed by atoms with E-state index in [0.717, 1.165) is 26.0 Å². The molecule has 0 aromatic rings. The maximum atomic E-state index is 5.47. The molecule has 0 radical (unpaired) electrons. The average molecular weight is 245 g/mol. The van der Waals surface area contributed by atoms with Gasteiger partial charge in [-0.15, -0.1) is 0 Å². The van der Waals surface area contributed by atoms with Gasteiger partial charge in [-0.05, 0) is 52.5 Å². The summed E-state index contributed by atoms with van der Waals surface area (Å²) < 4.78 is 10.6. The summed E-state index contributed by atoms with van der Waals surface area (Å²) in [7, 11) is 3.56. The first-order valence-corrected chi connectivity index (χ1v) is 6.83. The Labute approximate surface area is 107 Å². The second kappa shape index (κ2) is 9.86. The summed E-state index contributed by atoms with van der Waals surface area (Å²) in [6, 6.07) is 0.597. The van der Waals surface area contributed by atoms with Gasteiger partial charge < -0.3 is 14.8 Å². The smallest absolute Gasteiger partial charge is 0.0623 e. The van der Waals surface area contributed by atoms with E-state index in [1.165, 1.54) is 19.3 Å². The molecule has 0 amide bonds. The summed E-state index contributed by atoms with van der Waals surface area (Å²) in [4.78, 5) is 0. The van der Waals surface area contributed by atoms with Crippen LogP contribution in [0.1, 0.15) is 52.9 Å².